The minimum Gasteiger partial charge on any atom is -0.282 e. The monoisotopic (exact) mass is 344 g/mol. The lowest BCUT2D eigenvalue weighted by atomic mass is 10.1. The first-order chi connectivity index (χ1) is 10.2. The van der Waals surface area contributed by atoms with Gasteiger partial charge in [-0.2, -0.15) is 0 Å². The molecule has 0 N–H and O–H groups in total. The van der Waals surface area contributed by atoms with Gasteiger partial charge in [-0.15, -0.1) is 0 Å². The Labute approximate surface area is 128 Å². The Bertz CT molecular complexity index is 468. The van der Waals surface area contributed by atoms with Crippen molar-refractivity contribution in [2.45, 2.75) is 37.5 Å². The molecule has 1 rings (SSSR count). The predicted octanol–water partition coefficient (Wildman–Crippen LogP) is 4.92. The number of carbonyl (C=O) groups excluding carboxylic acids is 1. The fraction of sp³-hybridized carbons (Fsp3) is 0.500. The average molecular weight is 344 g/mol. The molecule has 0 aliphatic heterocycles. The van der Waals surface area contributed by atoms with Crippen molar-refractivity contribution >= 4 is 16.9 Å². The second kappa shape index (κ2) is 8.45. The van der Waals surface area contributed by atoms with E-state index in [-0.39, 0.29) is 5.75 Å². The number of carbonyl (C=O) groups is 1. The lowest BCUT2D eigenvalue weighted by Crippen LogP contribution is -2.35. The molecule has 0 heterocycles. The molecule has 0 bridgehead atoms. The van der Waals surface area contributed by atoms with Crippen molar-refractivity contribution in [1.29, 1.82) is 0 Å². The maximum absolute atomic E-state index is 13.4. The Balaban J connectivity index is 2.42. The van der Waals surface area contributed by atoms with Crippen LogP contribution in [0.1, 0.15) is 23.2 Å². The van der Waals surface area contributed by atoms with Crippen molar-refractivity contribution < 1.29 is 31.1 Å². The molecular weight excluding hydrogens is 330 g/mol. The first-order valence-electron chi connectivity index (χ1n) is 6.40. The summed E-state index contributed by atoms with van der Waals surface area (Å²) in [5.74, 6) is -4.44. The van der Waals surface area contributed by atoms with E-state index in [2.05, 4.69) is 0 Å². The second-order valence-corrected chi connectivity index (χ2v) is 5.64. The summed E-state index contributed by atoms with van der Waals surface area (Å²) in [7, 11) is 0. The lowest BCUT2D eigenvalue weighted by Gasteiger charge is -2.22. The van der Waals surface area contributed by atoms with Crippen LogP contribution in [0.15, 0.2) is 30.3 Å². The largest absolute Gasteiger partial charge is 0.282 e. The van der Waals surface area contributed by atoms with Crippen LogP contribution in [0.5, 0.6) is 0 Å². The fourth-order valence-corrected chi connectivity index (χ4v) is 2.41. The zero-order valence-corrected chi connectivity index (χ0v) is 12.1. The standard InChI is InChI=1S/C14H14F6OS/c15-10(12(17)18)8-14(19,20)11(16)6-7-22-13(21)9-4-2-1-3-5-9/h1-5,10-12H,6-8H2. The van der Waals surface area contributed by atoms with E-state index in [0.29, 0.717) is 17.3 Å². The molecule has 2 unspecified atom stereocenters. The van der Waals surface area contributed by atoms with E-state index < -0.39 is 42.6 Å². The zero-order chi connectivity index (χ0) is 16.8. The Kier molecular flexibility index (Phi) is 7.25. The third-order valence-electron chi connectivity index (χ3n) is 2.81. The van der Waals surface area contributed by atoms with Crippen LogP contribution in [0.2, 0.25) is 0 Å². The Morgan fingerprint density at radius 3 is 2.23 bits per heavy atom. The summed E-state index contributed by atoms with van der Waals surface area (Å²) in [6.07, 6.45) is -12.0. The molecule has 0 amide bonds. The van der Waals surface area contributed by atoms with Gasteiger partial charge >= 0.3 is 0 Å². The Hall–Kier alpha value is -1.18. The minimum absolute atomic E-state index is 0.254. The van der Waals surface area contributed by atoms with Crippen LogP contribution in [0, 0.1) is 0 Å². The van der Waals surface area contributed by atoms with E-state index in [1.807, 2.05) is 0 Å². The zero-order valence-electron chi connectivity index (χ0n) is 11.3. The Morgan fingerprint density at radius 2 is 1.68 bits per heavy atom. The molecule has 2 atom stereocenters. The summed E-state index contributed by atoms with van der Waals surface area (Å²) in [4.78, 5) is 11.6. The average Bonchev–Trinajstić information content (AvgIpc) is 2.47. The van der Waals surface area contributed by atoms with Crippen molar-refractivity contribution in [3.8, 4) is 0 Å². The molecule has 0 saturated carbocycles. The molecule has 1 aromatic rings. The van der Waals surface area contributed by atoms with Crippen LogP contribution in [0.3, 0.4) is 0 Å². The van der Waals surface area contributed by atoms with Gasteiger partial charge in [0.15, 0.2) is 12.3 Å². The third kappa shape index (κ3) is 5.90. The summed E-state index contributed by atoms with van der Waals surface area (Å²) in [5, 5.41) is -0.410. The van der Waals surface area contributed by atoms with E-state index in [1.165, 1.54) is 12.1 Å². The Morgan fingerprint density at radius 1 is 1.09 bits per heavy atom. The first-order valence-corrected chi connectivity index (χ1v) is 7.39. The third-order valence-corrected chi connectivity index (χ3v) is 3.75. The van der Waals surface area contributed by atoms with E-state index in [0.717, 1.165) is 0 Å². The van der Waals surface area contributed by atoms with Crippen LogP contribution in [-0.4, -0.2) is 35.6 Å². The minimum atomic E-state index is -4.19. The second-order valence-electron chi connectivity index (χ2n) is 4.57. The van der Waals surface area contributed by atoms with Crippen molar-refractivity contribution in [2.24, 2.45) is 0 Å². The van der Waals surface area contributed by atoms with Gasteiger partial charge in [0, 0.05) is 11.3 Å². The SMILES string of the molecule is O=C(SCCC(F)C(F)(F)CC(F)C(F)F)c1ccccc1. The highest BCUT2D eigenvalue weighted by Crippen LogP contribution is 2.32. The molecular formula is C14H14F6OS. The van der Waals surface area contributed by atoms with Crippen molar-refractivity contribution in [3.63, 3.8) is 0 Å². The quantitative estimate of drug-likeness (QED) is 0.623. The van der Waals surface area contributed by atoms with Gasteiger partial charge in [0.25, 0.3) is 12.3 Å². The number of halogens is 6. The number of rotatable bonds is 8. The van der Waals surface area contributed by atoms with Gasteiger partial charge in [0.05, 0.1) is 6.42 Å². The predicted molar refractivity (Wildman–Crippen MR) is 73.2 cm³/mol. The molecule has 22 heavy (non-hydrogen) atoms. The fourth-order valence-electron chi connectivity index (χ4n) is 1.60. The molecule has 1 nitrogen and oxygen atoms in total. The summed E-state index contributed by atoms with van der Waals surface area (Å²) >= 11 is 0.645. The van der Waals surface area contributed by atoms with Crippen molar-refractivity contribution in [2.75, 3.05) is 5.75 Å². The van der Waals surface area contributed by atoms with Gasteiger partial charge in [-0.25, -0.2) is 26.3 Å². The molecule has 0 radical (unpaired) electrons. The summed E-state index contributed by atoms with van der Waals surface area (Å²) in [6.45, 7) is 0. The number of thioether (sulfide) groups is 1. The first kappa shape index (κ1) is 18.9. The number of hydrogen-bond acceptors (Lipinski definition) is 2. The van der Waals surface area contributed by atoms with Gasteiger partial charge in [-0.05, 0) is 6.42 Å². The topological polar surface area (TPSA) is 17.1 Å². The van der Waals surface area contributed by atoms with E-state index in [1.54, 1.807) is 18.2 Å². The van der Waals surface area contributed by atoms with Crippen LogP contribution in [0.4, 0.5) is 26.3 Å². The smallest absolute Gasteiger partial charge is 0.281 e. The molecule has 0 fully saturated rings. The molecule has 0 saturated heterocycles. The van der Waals surface area contributed by atoms with Crippen LogP contribution in [0.25, 0.3) is 0 Å². The highest BCUT2D eigenvalue weighted by molar-refractivity contribution is 8.14. The van der Waals surface area contributed by atoms with E-state index >= 15 is 0 Å². The molecule has 1 aromatic carbocycles. The highest BCUT2D eigenvalue weighted by atomic mass is 32.2. The summed E-state index contributed by atoms with van der Waals surface area (Å²) in [5.41, 5.74) is 0.344. The molecule has 124 valence electrons. The summed E-state index contributed by atoms with van der Waals surface area (Å²) in [6, 6.07) is 7.97. The normalized spacial score (nSPS) is 14.9. The van der Waals surface area contributed by atoms with Gasteiger partial charge < -0.3 is 0 Å². The molecule has 8 heteroatoms. The summed E-state index contributed by atoms with van der Waals surface area (Å²) < 4.78 is 76.2. The van der Waals surface area contributed by atoms with Crippen LogP contribution >= 0.6 is 11.8 Å². The number of benzene rings is 1. The lowest BCUT2D eigenvalue weighted by molar-refractivity contribution is -0.109. The molecule has 0 spiro atoms. The van der Waals surface area contributed by atoms with E-state index in [9.17, 15) is 31.1 Å². The highest BCUT2D eigenvalue weighted by Gasteiger charge is 2.44. The van der Waals surface area contributed by atoms with Gasteiger partial charge in [-0.1, -0.05) is 42.1 Å². The maximum atomic E-state index is 13.4. The van der Waals surface area contributed by atoms with Crippen LogP contribution in [-0.2, 0) is 0 Å². The molecule has 0 aromatic heterocycles. The van der Waals surface area contributed by atoms with Gasteiger partial charge in [-0.3, -0.25) is 4.79 Å². The number of alkyl halides is 6. The molecule has 0 aliphatic rings. The van der Waals surface area contributed by atoms with Crippen molar-refractivity contribution in [1.82, 2.24) is 0 Å². The van der Waals surface area contributed by atoms with Crippen molar-refractivity contribution in [3.05, 3.63) is 35.9 Å². The number of hydrogen-bond donors (Lipinski definition) is 0. The maximum Gasteiger partial charge on any atom is 0.281 e. The van der Waals surface area contributed by atoms with E-state index in [4.69, 9.17) is 0 Å². The molecule has 0 aliphatic carbocycles. The van der Waals surface area contributed by atoms with Crippen LogP contribution < -0.4 is 0 Å². The van der Waals surface area contributed by atoms with Gasteiger partial charge in [0.1, 0.15) is 0 Å². The van der Waals surface area contributed by atoms with Gasteiger partial charge in [0.2, 0.25) is 5.12 Å².